The van der Waals surface area contributed by atoms with Crippen LogP contribution in [0.15, 0.2) is 59.1 Å². The Labute approximate surface area is 169 Å². The van der Waals surface area contributed by atoms with Gasteiger partial charge in [0.15, 0.2) is 0 Å². The molecule has 0 spiro atoms. The second kappa shape index (κ2) is 8.55. The molecule has 1 N–H and O–H groups in total. The molecule has 150 valence electrons. The first-order valence-corrected chi connectivity index (χ1v) is 10.1. The number of rotatable bonds is 7. The zero-order chi connectivity index (χ0) is 20.1. The average Bonchev–Trinajstić information content (AvgIpc) is 3.42. The van der Waals surface area contributed by atoms with Crippen LogP contribution in [0, 0.1) is 5.82 Å². The third-order valence-electron chi connectivity index (χ3n) is 5.72. The molecule has 0 aliphatic heterocycles. The van der Waals surface area contributed by atoms with Crippen molar-refractivity contribution >= 4 is 5.91 Å². The summed E-state index contributed by atoms with van der Waals surface area (Å²) in [5.41, 5.74) is 1.61. The van der Waals surface area contributed by atoms with Gasteiger partial charge in [0.05, 0.1) is 5.56 Å². The summed E-state index contributed by atoms with van der Waals surface area (Å²) in [5, 5.41) is 6.92. The second-order valence-electron chi connectivity index (χ2n) is 7.62. The van der Waals surface area contributed by atoms with Crippen molar-refractivity contribution in [1.82, 2.24) is 15.5 Å². The van der Waals surface area contributed by atoms with E-state index < -0.39 is 5.82 Å². The molecule has 1 fully saturated rings. The van der Waals surface area contributed by atoms with Crippen molar-refractivity contribution in [2.75, 3.05) is 6.54 Å². The number of nitrogens with zero attached hydrogens (tertiary/aromatic N) is 2. The number of halogens is 1. The summed E-state index contributed by atoms with van der Waals surface area (Å²) in [5.74, 6) is 0.0859. The van der Waals surface area contributed by atoms with Gasteiger partial charge in [-0.15, -0.1) is 0 Å². The van der Waals surface area contributed by atoms with Crippen LogP contribution in [0.5, 0.6) is 0 Å². The van der Waals surface area contributed by atoms with E-state index >= 15 is 0 Å². The van der Waals surface area contributed by atoms with Crippen LogP contribution in [0.3, 0.4) is 0 Å². The van der Waals surface area contributed by atoms with E-state index in [2.05, 4.69) is 39.7 Å². The van der Waals surface area contributed by atoms with E-state index in [1.54, 1.807) is 18.2 Å². The SMILES string of the molecule is O=C(CCc1nc(-c2ccccc2F)no1)NCC1(c2ccccc2)CCCC1. The molecule has 1 saturated carbocycles. The lowest BCUT2D eigenvalue weighted by Gasteiger charge is -2.30. The zero-order valence-electron chi connectivity index (χ0n) is 16.2. The highest BCUT2D eigenvalue weighted by atomic mass is 19.1. The van der Waals surface area contributed by atoms with Gasteiger partial charge in [-0.2, -0.15) is 4.98 Å². The van der Waals surface area contributed by atoms with E-state index in [1.165, 1.54) is 24.5 Å². The zero-order valence-corrected chi connectivity index (χ0v) is 16.2. The van der Waals surface area contributed by atoms with E-state index in [4.69, 9.17) is 4.52 Å². The quantitative estimate of drug-likeness (QED) is 0.644. The molecule has 3 aromatic rings. The molecule has 0 atom stereocenters. The van der Waals surface area contributed by atoms with Crippen LogP contribution < -0.4 is 5.32 Å². The Hall–Kier alpha value is -3.02. The smallest absolute Gasteiger partial charge is 0.227 e. The molecule has 5 nitrogen and oxygen atoms in total. The predicted octanol–water partition coefficient (Wildman–Crippen LogP) is 4.44. The lowest BCUT2D eigenvalue weighted by atomic mass is 9.79. The summed E-state index contributed by atoms with van der Waals surface area (Å²) in [7, 11) is 0. The number of nitrogens with one attached hydrogen (secondary N) is 1. The molecule has 29 heavy (non-hydrogen) atoms. The molecule has 1 aliphatic rings. The third kappa shape index (κ3) is 4.36. The molecule has 0 saturated heterocycles. The average molecular weight is 393 g/mol. The van der Waals surface area contributed by atoms with Gasteiger partial charge in [0, 0.05) is 24.8 Å². The normalized spacial score (nSPS) is 15.3. The fraction of sp³-hybridized carbons (Fsp3) is 0.348. The largest absolute Gasteiger partial charge is 0.355 e. The molecule has 1 aromatic heterocycles. The van der Waals surface area contributed by atoms with E-state index in [-0.39, 0.29) is 29.1 Å². The predicted molar refractivity (Wildman–Crippen MR) is 108 cm³/mol. The van der Waals surface area contributed by atoms with E-state index in [9.17, 15) is 9.18 Å². The first kappa shape index (κ1) is 19.3. The summed E-state index contributed by atoms with van der Waals surface area (Å²) in [6.07, 6.45) is 5.13. The number of carbonyl (C=O) groups excluding carboxylic acids is 1. The summed E-state index contributed by atoms with van der Waals surface area (Å²) < 4.78 is 19.0. The highest BCUT2D eigenvalue weighted by Gasteiger charge is 2.35. The molecule has 1 heterocycles. The van der Waals surface area contributed by atoms with Crippen molar-refractivity contribution in [3.05, 3.63) is 71.9 Å². The van der Waals surface area contributed by atoms with E-state index in [1.807, 2.05) is 6.07 Å². The fourth-order valence-electron chi connectivity index (χ4n) is 4.10. The number of aryl methyl sites for hydroxylation is 1. The molecular weight excluding hydrogens is 369 g/mol. The number of hydrogen-bond donors (Lipinski definition) is 1. The van der Waals surface area contributed by atoms with Crippen molar-refractivity contribution < 1.29 is 13.7 Å². The molecule has 1 amide bonds. The van der Waals surface area contributed by atoms with Crippen LogP contribution in [0.25, 0.3) is 11.4 Å². The maximum atomic E-state index is 13.8. The fourth-order valence-corrected chi connectivity index (χ4v) is 4.10. The van der Waals surface area contributed by atoms with E-state index in [0.717, 1.165) is 12.8 Å². The Balaban J connectivity index is 1.33. The van der Waals surface area contributed by atoms with Crippen molar-refractivity contribution in [2.24, 2.45) is 0 Å². The van der Waals surface area contributed by atoms with Gasteiger partial charge < -0.3 is 9.84 Å². The highest BCUT2D eigenvalue weighted by molar-refractivity contribution is 5.76. The van der Waals surface area contributed by atoms with Crippen molar-refractivity contribution in [3.63, 3.8) is 0 Å². The molecule has 6 heteroatoms. The maximum Gasteiger partial charge on any atom is 0.227 e. The minimum absolute atomic E-state index is 0.0272. The molecule has 4 rings (SSSR count). The van der Waals surface area contributed by atoms with Crippen molar-refractivity contribution in [2.45, 2.75) is 43.9 Å². The minimum Gasteiger partial charge on any atom is -0.355 e. The van der Waals surface area contributed by atoms with Gasteiger partial charge >= 0.3 is 0 Å². The van der Waals surface area contributed by atoms with E-state index in [0.29, 0.717) is 18.9 Å². The molecule has 0 radical (unpaired) electrons. The van der Waals surface area contributed by atoms with Gasteiger partial charge in [0.1, 0.15) is 5.82 Å². The monoisotopic (exact) mass is 393 g/mol. The number of benzene rings is 2. The molecular formula is C23H24FN3O2. The van der Waals surface area contributed by atoms with Gasteiger partial charge in [-0.3, -0.25) is 4.79 Å². The van der Waals surface area contributed by atoms with Gasteiger partial charge in [-0.1, -0.05) is 60.5 Å². The van der Waals surface area contributed by atoms with Gasteiger partial charge in [0.2, 0.25) is 17.6 Å². The molecule has 2 aromatic carbocycles. The Morgan fingerprint density at radius 3 is 2.55 bits per heavy atom. The third-order valence-corrected chi connectivity index (χ3v) is 5.72. The number of amides is 1. The summed E-state index contributed by atoms with van der Waals surface area (Å²) in [6, 6.07) is 16.7. The van der Waals surface area contributed by atoms with Crippen LogP contribution in [0.4, 0.5) is 4.39 Å². The van der Waals surface area contributed by atoms with Crippen LogP contribution in [-0.2, 0) is 16.6 Å². The highest BCUT2D eigenvalue weighted by Crippen LogP contribution is 2.40. The molecule has 0 unspecified atom stereocenters. The summed E-state index contributed by atoms with van der Waals surface area (Å²) >= 11 is 0. The summed E-state index contributed by atoms with van der Waals surface area (Å²) in [4.78, 5) is 16.6. The lowest BCUT2D eigenvalue weighted by molar-refractivity contribution is -0.121. The number of aromatic nitrogens is 2. The Morgan fingerprint density at radius 1 is 1.07 bits per heavy atom. The van der Waals surface area contributed by atoms with Crippen LogP contribution >= 0.6 is 0 Å². The lowest BCUT2D eigenvalue weighted by Crippen LogP contribution is -2.39. The number of hydrogen-bond acceptors (Lipinski definition) is 4. The maximum absolute atomic E-state index is 13.8. The van der Waals surface area contributed by atoms with Gasteiger partial charge in [-0.25, -0.2) is 4.39 Å². The van der Waals surface area contributed by atoms with Crippen LogP contribution in [0.1, 0.15) is 43.6 Å². The standard InChI is InChI=1S/C23H24FN3O2/c24-19-11-5-4-10-18(19)22-26-21(29-27-22)13-12-20(28)25-16-23(14-6-7-15-23)17-8-2-1-3-9-17/h1-5,8-11H,6-7,12-16H2,(H,25,28). The van der Waals surface area contributed by atoms with Crippen molar-refractivity contribution in [1.29, 1.82) is 0 Å². The Kier molecular flexibility index (Phi) is 5.69. The van der Waals surface area contributed by atoms with Gasteiger partial charge in [-0.05, 0) is 30.5 Å². The Bertz CT molecular complexity index is 965. The summed E-state index contributed by atoms with van der Waals surface area (Å²) in [6.45, 7) is 0.639. The first-order valence-electron chi connectivity index (χ1n) is 10.1. The number of carbonyl (C=O) groups is 1. The Morgan fingerprint density at radius 2 is 1.79 bits per heavy atom. The molecule has 1 aliphatic carbocycles. The van der Waals surface area contributed by atoms with Crippen LogP contribution in [0.2, 0.25) is 0 Å². The first-order chi connectivity index (χ1) is 14.2. The minimum atomic E-state index is -0.402. The molecule has 0 bridgehead atoms. The van der Waals surface area contributed by atoms with Crippen molar-refractivity contribution in [3.8, 4) is 11.4 Å². The topological polar surface area (TPSA) is 68.0 Å². The van der Waals surface area contributed by atoms with Gasteiger partial charge in [0.25, 0.3) is 0 Å². The van der Waals surface area contributed by atoms with Crippen LogP contribution in [-0.4, -0.2) is 22.6 Å². The second-order valence-corrected chi connectivity index (χ2v) is 7.62.